The van der Waals surface area contributed by atoms with E-state index in [9.17, 15) is 30.3 Å². The molecule has 21 nitrogen and oxygen atoms in total. The molecule has 9 N–H and O–H groups in total. The Morgan fingerprint density at radius 3 is 1.94 bits per heavy atom. The molecule has 21 heteroatoms. The van der Waals surface area contributed by atoms with Gasteiger partial charge in [0.1, 0.15) is 23.9 Å². The van der Waals surface area contributed by atoms with Gasteiger partial charge in [0.15, 0.2) is 12.6 Å². The maximum Gasteiger partial charge on any atom is 0.311 e. The summed E-state index contributed by atoms with van der Waals surface area (Å²) in [5.74, 6) is -4.14. The smallest absolute Gasteiger partial charge is 0.311 e. The van der Waals surface area contributed by atoms with Crippen LogP contribution >= 0.6 is 0 Å². The van der Waals surface area contributed by atoms with Crippen molar-refractivity contribution in [2.75, 3.05) is 74.6 Å². The predicted octanol–water partition coefficient (Wildman–Crippen LogP) is 1.92. The van der Waals surface area contributed by atoms with E-state index in [2.05, 4.69) is 15.8 Å². The number of rotatable bonds is 22. The topological polar surface area (TPSA) is 281 Å². The largest absolute Gasteiger partial charge is 0.459 e. The van der Waals surface area contributed by atoms with Crippen molar-refractivity contribution in [1.82, 2.24) is 15.5 Å². The minimum Gasteiger partial charge on any atom is -0.459 e. The molecular weight excluding hydrogens is 941 g/mol. The summed E-state index contributed by atoms with van der Waals surface area (Å²) >= 11 is 0. The van der Waals surface area contributed by atoms with Crippen molar-refractivity contribution in [2.24, 2.45) is 28.8 Å². The molecule has 3 heterocycles. The lowest BCUT2D eigenvalue weighted by atomic mass is 9.73. The van der Waals surface area contributed by atoms with Crippen LogP contribution in [0.5, 0.6) is 0 Å². The van der Waals surface area contributed by atoms with Crippen molar-refractivity contribution in [3.8, 4) is 0 Å². The van der Waals surface area contributed by atoms with Gasteiger partial charge in [-0.3, -0.25) is 4.79 Å². The lowest BCUT2D eigenvalue weighted by Gasteiger charge is -2.49. The second kappa shape index (κ2) is 31.5. The molecule has 20 atom stereocenters. The summed E-state index contributed by atoms with van der Waals surface area (Å²) in [6, 6.07) is 0.0720. The monoisotopic (exact) mass is 1040 g/mol. The van der Waals surface area contributed by atoms with E-state index < -0.39 is 102 Å². The van der Waals surface area contributed by atoms with Crippen LogP contribution in [-0.4, -0.2) is 223 Å². The van der Waals surface area contributed by atoms with E-state index in [0.717, 1.165) is 25.9 Å². The van der Waals surface area contributed by atoms with Crippen molar-refractivity contribution < 1.29 is 83.3 Å². The Kier molecular flexibility index (Phi) is 29.0. The number of esters is 1. The van der Waals surface area contributed by atoms with Crippen LogP contribution in [0.25, 0.3) is 0 Å². The molecule has 0 saturated carbocycles. The second-order valence-electron chi connectivity index (χ2n) is 21.2. The van der Waals surface area contributed by atoms with Crippen molar-refractivity contribution in [3.05, 3.63) is 0 Å². The molecule has 8 unspecified atom stereocenters. The van der Waals surface area contributed by atoms with Gasteiger partial charge in [-0.05, 0) is 87.7 Å². The van der Waals surface area contributed by atoms with Gasteiger partial charge in [0.05, 0.1) is 79.8 Å². The van der Waals surface area contributed by atoms with Crippen LogP contribution in [0.15, 0.2) is 5.16 Å². The molecule has 3 rings (SSSR count). The first-order valence-corrected chi connectivity index (χ1v) is 26.2. The molecule has 3 aliphatic rings. The summed E-state index contributed by atoms with van der Waals surface area (Å²) in [7, 11) is 6.76. The van der Waals surface area contributed by atoms with Gasteiger partial charge in [-0.15, -0.1) is 0 Å². The van der Waals surface area contributed by atoms with Gasteiger partial charge in [-0.1, -0.05) is 46.7 Å². The van der Waals surface area contributed by atoms with Gasteiger partial charge < -0.3 is 94.0 Å². The van der Waals surface area contributed by atoms with E-state index in [1.807, 2.05) is 46.7 Å². The van der Waals surface area contributed by atoms with Crippen LogP contribution in [-0.2, 0) is 47.5 Å². The normalized spacial score (nSPS) is 39.9. The highest BCUT2D eigenvalue weighted by Gasteiger charge is 2.53. The number of hydrogen-bond acceptors (Lipinski definition) is 21. The van der Waals surface area contributed by atoms with E-state index in [1.165, 1.54) is 14.0 Å². The first-order chi connectivity index (χ1) is 33.7. The molecule has 72 heavy (non-hydrogen) atoms. The molecule has 0 aromatic carbocycles. The fraction of sp³-hybridized carbons (Fsp3) is 0.961. The number of cyclic esters (lactones) is 1. The number of ether oxygens (including phenoxy) is 8. The predicted molar refractivity (Wildman–Crippen MR) is 271 cm³/mol. The Balaban J connectivity index is 0.00000110. The maximum atomic E-state index is 14.3. The number of carbonyl (C=O) groups excluding carboxylic acids is 1. The summed E-state index contributed by atoms with van der Waals surface area (Å²) in [6.45, 7) is 23.4. The Morgan fingerprint density at radius 1 is 0.833 bits per heavy atom. The number of aliphatic hydroxyl groups is 7. The van der Waals surface area contributed by atoms with Crippen LogP contribution in [0.2, 0.25) is 0 Å². The van der Waals surface area contributed by atoms with E-state index >= 15 is 0 Å². The highest BCUT2D eigenvalue weighted by molar-refractivity contribution is 5.88. The van der Waals surface area contributed by atoms with Gasteiger partial charge in [-0.25, -0.2) is 0 Å². The average Bonchev–Trinajstić information content (AvgIpc) is 3.33. The molecule has 3 saturated heterocycles. The summed E-state index contributed by atoms with van der Waals surface area (Å²) in [5.41, 5.74) is -4.49. The van der Waals surface area contributed by atoms with Crippen LogP contribution in [0.4, 0.5) is 0 Å². The minimum absolute atomic E-state index is 0.0307. The molecule has 0 spiro atoms. The molecule has 0 aliphatic carbocycles. The molecular formula is C51H100N4O17. The van der Waals surface area contributed by atoms with Gasteiger partial charge in [0, 0.05) is 69.6 Å². The van der Waals surface area contributed by atoms with Crippen LogP contribution in [0.1, 0.15) is 122 Å². The number of nitrogens with zero attached hydrogens (tertiary/aromatic N) is 2. The van der Waals surface area contributed by atoms with Crippen molar-refractivity contribution >= 4 is 11.7 Å². The number of hydrogen-bond donors (Lipinski definition) is 9. The lowest BCUT2D eigenvalue weighted by Crippen LogP contribution is -2.61. The number of aliphatic hydroxyl groups excluding tert-OH is 5. The van der Waals surface area contributed by atoms with Crippen molar-refractivity contribution in [3.63, 3.8) is 0 Å². The maximum absolute atomic E-state index is 14.3. The standard InChI is InChI=1S/C41H76N2O15.C10H24N2O2/c1-15-29-41(10,49)34(45)24(4)31(42-53-21-52-17-16-50-13)22(2)19-39(8,48)36(58-38-32(44)28(43(11)12)18-23(3)54-38)25(5)33(26(6)37(47)56-29)57-30-20-40(9,51-14)35(46)27(7)55-30;1-3-9(7-13)11-5-6-12-10(4-2)8-14/h22-30,32-36,38,44-46,48-49H,15-21H2,1-14H3;9-14H,3-8H2,1-2H3/b42-31+;/t22-,23?,24+,25+,26-,27?,28?,29-,30?,32?,33+,34-,35?,36-,38?,39-,40?,41-;9-,10-/m10/s1. The zero-order chi connectivity index (χ0) is 54.7. The second-order valence-corrected chi connectivity index (χ2v) is 21.2. The average molecular weight is 1040 g/mol. The minimum atomic E-state index is -1.97. The molecule has 3 aliphatic heterocycles. The van der Waals surface area contributed by atoms with Gasteiger partial charge >= 0.3 is 5.97 Å². The molecule has 0 amide bonds. The molecule has 426 valence electrons. The van der Waals surface area contributed by atoms with E-state index in [0.29, 0.717) is 18.7 Å². The zero-order valence-corrected chi connectivity index (χ0v) is 46.6. The molecule has 0 aromatic heterocycles. The Morgan fingerprint density at radius 2 is 1.43 bits per heavy atom. The van der Waals surface area contributed by atoms with Gasteiger partial charge in [0.2, 0.25) is 6.79 Å². The summed E-state index contributed by atoms with van der Waals surface area (Å²) in [5, 5.41) is 87.8. The Bertz CT molecular complexity index is 1530. The van der Waals surface area contributed by atoms with Crippen molar-refractivity contribution in [2.45, 2.75) is 218 Å². The third kappa shape index (κ3) is 18.8. The molecule has 0 aromatic rings. The van der Waals surface area contributed by atoms with Crippen LogP contribution in [0, 0.1) is 23.7 Å². The first kappa shape index (κ1) is 66.4. The number of methoxy groups -OCH3 is 2. The SMILES string of the molecule is CC[C@@H](CO)NCCN[C@@H](CC)CO.CC[C@H]1OC(=O)[C@H](C)[C@@H](OC2CC(C)(OC)C(O)C(C)O2)[C@H](C)[C@@H](OC2OC(C)CC(N(C)C)C2O)[C@](C)(O)C[C@@H](C)/C(=N\OCOCCOC)[C@H](C)[C@@H](O)[C@]1(C)O. The lowest BCUT2D eigenvalue weighted by molar-refractivity contribution is -0.317. The molecule has 3 fully saturated rings. The van der Waals surface area contributed by atoms with E-state index in [4.69, 9.17) is 52.9 Å². The van der Waals surface area contributed by atoms with Crippen molar-refractivity contribution in [1.29, 1.82) is 0 Å². The molecule has 0 bridgehead atoms. The number of likely N-dealkylation sites (N-methyl/N-ethyl adjacent to an activating group) is 1. The molecule has 0 radical (unpaired) electrons. The van der Waals surface area contributed by atoms with Gasteiger partial charge in [-0.2, -0.15) is 0 Å². The summed E-state index contributed by atoms with van der Waals surface area (Å²) < 4.78 is 48.1. The van der Waals surface area contributed by atoms with E-state index in [-0.39, 0.29) is 70.1 Å². The summed E-state index contributed by atoms with van der Waals surface area (Å²) in [4.78, 5) is 21.8. The van der Waals surface area contributed by atoms with Crippen LogP contribution in [0.3, 0.4) is 0 Å². The number of nitrogens with one attached hydrogen (secondary N) is 2. The zero-order valence-electron chi connectivity index (χ0n) is 46.6. The van der Waals surface area contributed by atoms with Gasteiger partial charge in [0.25, 0.3) is 0 Å². The fourth-order valence-electron chi connectivity index (χ4n) is 10.2. The Hall–Kier alpha value is -1.74. The third-order valence-electron chi connectivity index (χ3n) is 15.0. The number of oxime groups is 1. The quantitative estimate of drug-likeness (QED) is 0.0324. The highest BCUT2D eigenvalue weighted by atomic mass is 16.7. The first-order valence-electron chi connectivity index (χ1n) is 26.2. The van der Waals surface area contributed by atoms with E-state index in [1.54, 1.807) is 55.6 Å². The Labute approximate surface area is 430 Å². The van der Waals surface area contributed by atoms with Crippen LogP contribution < -0.4 is 10.6 Å². The highest BCUT2D eigenvalue weighted by Crippen LogP contribution is 2.41. The fourth-order valence-corrected chi connectivity index (χ4v) is 10.2. The third-order valence-corrected chi connectivity index (χ3v) is 15.0. The number of carbonyl (C=O) groups is 1. The summed E-state index contributed by atoms with van der Waals surface area (Å²) in [6.07, 6.45) is -7.62.